The lowest BCUT2D eigenvalue weighted by Gasteiger charge is -2.34. The number of carboxylic acids is 1. The molecule has 30 heteroatoms. The molecule has 29 nitrogen and oxygen atoms in total. The Balaban J connectivity index is 1.36. The summed E-state index contributed by atoms with van der Waals surface area (Å²) < 4.78 is 16.6. The largest absolute Gasteiger partial charge is 0.508 e. The molecule has 12 atom stereocenters. The third-order valence-electron chi connectivity index (χ3n) is 13.7. The van der Waals surface area contributed by atoms with Gasteiger partial charge in [0.15, 0.2) is 0 Å². The molecule has 0 aliphatic carbocycles. The lowest BCUT2D eigenvalue weighted by atomic mass is 10.0. The Bertz CT molecular complexity index is 2560. The Morgan fingerprint density at radius 3 is 1.73 bits per heavy atom. The minimum Gasteiger partial charge on any atom is -0.508 e. The number of hydrogen-bond donors (Lipinski definition) is 15. The van der Waals surface area contributed by atoms with Crippen LogP contribution in [0.5, 0.6) is 11.5 Å². The van der Waals surface area contributed by atoms with E-state index in [0.29, 0.717) is 36.9 Å². The van der Waals surface area contributed by atoms with E-state index in [-0.39, 0.29) is 43.7 Å². The van der Waals surface area contributed by atoms with Crippen LogP contribution in [0.15, 0.2) is 48.5 Å². The minimum atomic E-state index is -5.39. The fraction of sp³-hybridized carbons (Fsp3) is 0.571. The van der Waals surface area contributed by atoms with Crippen LogP contribution in [0, 0.1) is 0 Å². The second-order valence-corrected chi connectivity index (χ2v) is 21.0. The Morgan fingerprint density at radius 1 is 0.671 bits per heavy atom. The number of benzene rings is 2. The second-order valence-electron chi connectivity index (χ2n) is 19.8. The van der Waals surface area contributed by atoms with E-state index in [9.17, 15) is 88.1 Å². The van der Waals surface area contributed by atoms with Crippen molar-refractivity contribution in [2.45, 2.75) is 144 Å². The van der Waals surface area contributed by atoms with E-state index in [1.165, 1.54) is 60.4 Å². The normalized spacial score (nSPS) is 21.9. The molecule has 3 aliphatic heterocycles. The van der Waals surface area contributed by atoms with Crippen LogP contribution in [0.25, 0.3) is 0 Å². The van der Waals surface area contributed by atoms with Crippen LogP contribution in [0.2, 0.25) is 0 Å². The molecule has 0 bridgehead atoms. The predicted molar refractivity (Wildman–Crippen MR) is 274 cm³/mol. The van der Waals surface area contributed by atoms with Gasteiger partial charge in [-0.25, -0.2) is 9.36 Å². The molecule has 3 heterocycles. The highest BCUT2D eigenvalue weighted by Gasteiger charge is 2.49. The Kier molecular flexibility index (Phi) is 22.6. The van der Waals surface area contributed by atoms with E-state index in [1.54, 1.807) is 0 Å². The molecule has 3 fully saturated rings. The van der Waals surface area contributed by atoms with E-state index < -0.39 is 166 Å². The van der Waals surface area contributed by atoms with Gasteiger partial charge in [0.05, 0.1) is 31.0 Å². The van der Waals surface area contributed by atoms with Gasteiger partial charge in [-0.05, 0) is 87.9 Å². The van der Waals surface area contributed by atoms with Gasteiger partial charge in [0, 0.05) is 45.3 Å². The Labute approximate surface area is 453 Å². The molecule has 0 unspecified atom stereocenters. The number of rotatable bonds is 26. The third-order valence-corrected chi connectivity index (χ3v) is 14.3. The summed E-state index contributed by atoms with van der Waals surface area (Å²) in [6.07, 6.45) is -4.54. The first-order chi connectivity index (χ1) is 37.2. The minimum absolute atomic E-state index is 0.116. The number of likely N-dealkylation sites (tertiary alicyclic amines) is 3. The maximum atomic E-state index is 14.8. The van der Waals surface area contributed by atoms with Crippen LogP contribution < -0.4 is 38.1 Å². The van der Waals surface area contributed by atoms with Crippen LogP contribution in [0.3, 0.4) is 0 Å². The van der Waals surface area contributed by atoms with E-state index in [4.69, 9.17) is 16.0 Å². The number of phosphoric acid groups is 1. The summed E-state index contributed by atoms with van der Waals surface area (Å²) in [6.45, 7) is 0.801. The zero-order valence-corrected chi connectivity index (χ0v) is 44.4. The summed E-state index contributed by atoms with van der Waals surface area (Å²) in [5.74, 6) is -9.43. The average Bonchev–Trinajstić information content (AvgIpc) is 4.19. The third kappa shape index (κ3) is 17.6. The van der Waals surface area contributed by atoms with Gasteiger partial charge in [-0.2, -0.15) is 0 Å². The summed E-state index contributed by atoms with van der Waals surface area (Å²) in [4.78, 5) is 146. The summed E-state index contributed by atoms with van der Waals surface area (Å²) in [7, 11) is -5.39. The standard InChI is InChI=1S/C49H71N10O19P/c1-25(51)41(65)52-33(6-3-4-16-50)46(70)57-17-5-7-37(57)43(67)55-36(24-60)42(66)53-34(18-27-8-12-29(61)13-9-27)47(71)59-23-32(64)21-39(59)48(72)58-22-31(63)20-38(58)44(68)56-40(26(2)78-79(75,76)77)45(69)54-35(49(73)74)19-28-10-14-30(62)15-11-28/h8-15,25-26,31-40,60-64H,3-7,16-24,50-51H2,1-2H3,(H,52,65)(H,53,66)(H,54,69)(H,55,67)(H,56,68)(H,73,74)(H2,75,76,77)/t25-,26+,31+,32+,33-,34-,35-,36-,37-,38-,39-,40-/m0/s1. The number of phenols is 2. The summed E-state index contributed by atoms with van der Waals surface area (Å²) >= 11 is 0. The number of nitrogens with one attached hydrogen (secondary N) is 5. The van der Waals surface area contributed by atoms with E-state index >= 15 is 0 Å². The van der Waals surface area contributed by atoms with Gasteiger partial charge in [-0.15, -0.1) is 0 Å². The van der Waals surface area contributed by atoms with Gasteiger partial charge >= 0.3 is 13.8 Å². The van der Waals surface area contributed by atoms with Gasteiger partial charge in [0.25, 0.3) is 0 Å². The number of nitrogens with two attached hydrogens (primary N) is 2. The molecular formula is C49H71N10O19P. The zero-order chi connectivity index (χ0) is 58.5. The molecule has 0 spiro atoms. The monoisotopic (exact) mass is 1130 g/mol. The number of carbonyl (C=O) groups excluding carboxylic acids is 8. The number of aromatic hydroxyl groups is 2. The van der Waals surface area contributed by atoms with E-state index in [2.05, 4.69) is 26.6 Å². The summed E-state index contributed by atoms with van der Waals surface area (Å²) in [5.41, 5.74) is 12.1. The number of unbranched alkanes of at least 4 members (excludes halogenated alkanes) is 1. The highest BCUT2D eigenvalue weighted by molar-refractivity contribution is 7.46. The molecule has 0 radical (unpaired) electrons. The molecule has 436 valence electrons. The quantitative estimate of drug-likeness (QED) is 0.0311. The molecule has 2 aromatic carbocycles. The van der Waals surface area contributed by atoms with Crippen molar-refractivity contribution >= 4 is 61.0 Å². The highest BCUT2D eigenvalue weighted by atomic mass is 31.2. The van der Waals surface area contributed by atoms with Crippen molar-refractivity contribution in [3.05, 3.63) is 59.7 Å². The first-order valence-corrected chi connectivity index (χ1v) is 27.1. The molecule has 79 heavy (non-hydrogen) atoms. The van der Waals surface area contributed by atoms with Crippen molar-refractivity contribution in [1.82, 2.24) is 41.3 Å². The Morgan fingerprint density at radius 2 is 1.19 bits per heavy atom. The first kappa shape index (κ1) is 63.0. The fourth-order valence-corrected chi connectivity index (χ4v) is 10.2. The number of aliphatic hydroxyl groups excluding tert-OH is 3. The van der Waals surface area contributed by atoms with Crippen LogP contribution in [0.1, 0.15) is 69.9 Å². The molecule has 3 saturated heterocycles. The number of aliphatic hydroxyl groups is 3. The zero-order valence-electron chi connectivity index (χ0n) is 43.5. The van der Waals surface area contributed by atoms with Crippen molar-refractivity contribution in [2.75, 3.05) is 32.8 Å². The number of phosphoric ester groups is 1. The van der Waals surface area contributed by atoms with Crippen molar-refractivity contribution < 1.29 is 92.7 Å². The highest BCUT2D eigenvalue weighted by Crippen LogP contribution is 2.38. The summed E-state index contributed by atoms with van der Waals surface area (Å²) in [6, 6.07) is -2.80. The molecule has 0 aromatic heterocycles. The molecule has 3 aliphatic rings. The van der Waals surface area contributed by atoms with Crippen LogP contribution in [0.4, 0.5) is 0 Å². The van der Waals surface area contributed by atoms with Gasteiger partial charge in [-0.3, -0.25) is 42.9 Å². The van der Waals surface area contributed by atoms with Crippen molar-refractivity contribution in [3.8, 4) is 11.5 Å². The number of aliphatic carboxylic acids is 1. The van der Waals surface area contributed by atoms with E-state index in [0.717, 1.165) is 16.7 Å². The SMILES string of the molecule is C[C@H](N)C(=O)N[C@@H](CCCCN)C(=O)N1CCC[C@H]1C(=O)N[C@@H](CO)C(=O)N[C@@H](Cc1ccc(O)cc1)C(=O)N1C[C@H](O)C[C@H]1C(=O)N1C[C@H](O)C[C@H]1C(=O)N[C@H](C(=O)N[C@@H](Cc1ccc(O)cc1)C(=O)O)[C@@H](C)OP(=O)(O)O. The van der Waals surface area contributed by atoms with Crippen LogP contribution in [-0.2, 0) is 65.1 Å². The number of carboxylic acid groups (broad SMARTS) is 1. The van der Waals surface area contributed by atoms with Gasteiger partial charge < -0.3 is 93.2 Å². The number of amides is 8. The number of hydrogen-bond acceptors (Lipinski definition) is 18. The number of phenolic OH excluding ortho intramolecular Hbond substituents is 2. The van der Waals surface area contributed by atoms with Crippen molar-refractivity contribution in [1.29, 1.82) is 0 Å². The maximum absolute atomic E-state index is 14.8. The lowest BCUT2D eigenvalue weighted by molar-refractivity contribution is -0.148. The number of β-amino-alcohol motifs (C(OH)–C–C–N with tert-alkyl or cyclic N) is 2. The molecule has 5 rings (SSSR count). The molecular weight excluding hydrogens is 1060 g/mol. The van der Waals surface area contributed by atoms with Crippen molar-refractivity contribution in [2.24, 2.45) is 11.5 Å². The van der Waals surface area contributed by atoms with Gasteiger partial charge in [0.1, 0.15) is 59.8 Å². The summed E-state index contributed by atoms with van der Waals surface area (Å²) in [5, 5.41) is 73.9. The predicted octanol–water partition coefficient (Wildman–Crippen LogP) is -4.73. The van der Waals surface area contributed by atoms with Crippen LogP contribution >= 0.6 is 7.82 Å². The van der Waals surface area contributed by atoms with E-state index in [1.807, 2.05) is 0 Å². The van der Waals surface area contributed by atoms with Crippen molar-refractivity contribution in [3.63, 3.8) is 0 Å². The fourth-order valence-electron chi connectivity index (χ4n) is 9.60. The number of carbonyl (C=O) groups is 9. The molecule has 8 amide bonds. The lowest BCUT2D eigenvalue weighted by Crippen LogP contribution is -2.61. The average molecular weight is 1140 g/mol. The van der Waals surface area contributed by atoms with Gasteiger partial charge in [-0.1, -0.05) is 24.3 Å². The molecule has 17 N–H and O–H groups in total. The second kappa shape index (κ2) is 28.4. The maximum Gasteiger partial charge on any atom is 0.469 e. The first-order valence-electron chi connectivity index (χ1n) is 25.6. The topological polar surface area (TPSA) is 464 Å². The number of nitrogens with zero attached hydrogens (tertiary/aromatic N) is 3. The van der Waals surface area contributed by atoms with Crippen LogP contribution in [-0.4, -0.2) is 214 Å². The Hall–Kier alpha value is -6.82. The molecule has 2 aromatic rings. The molecule has 0 saturated carbocycles. The smallest absolute Gasteiger partial charge is 0.469 e. The van der Waals surface area contributed by atoms with Gasteiger partial charge in [0.2, 0.25) is 47.3 Å².